The normalized spacial score (nSPS) is 10.7. The third-order valence-corrected chi connectivity index (χ3v) is 4.33. The number of carbonyl (C=O) groups excluding carboxylic acids is 1. The number of rotatable bonds is 7. The zero-order valence-electron chi connectivity index (χ0n) is 14.7. The Hall–Kier alpha value is -3.08. The van der Waals surface area contributed by atoms with Gasteiger partial charge in [-0.05, 0) is 42.7 Å². The van der Waals surface area contributed by atoms with Crippen LogP contribution in [0, 0.1) is 0 Å². The summed E-state index contributed by atoms with van der Waals surface area (Å²) in [5.74, 6) is 0.734. The first-order valence-electron chi connectivity index (χ1n) is 8.66. The van der Waals surface area contributed by atoms with Gasteiger partial charge in [0.1, 0.15) is 5.75 Å². The number of fused-ring (bicyclic) bond motifs is 1. The van der Waals surface area contributed by atoms with Gasteiger partial charge in [-0.25, -0.2) is 0 Å². The Morgan fingerprint density at radius 3 is 2.65 bits per heavy atom. The van der Waals surface area contributed by atoms with Gasteiger partial charge in [-0.1, -0.05) is 30.3 Å². The zero-order chi connectivity index (χ0) is 18.4. The van der Waals surface area contributed by atoms with Crippen LogP contribution in [-0.4, -0.2) is 24.5 Å². The summed E-state index contributed by atoms with van der Waals surface area (Å²) in [5.41, 5.74) is 2.43. The summed E-state index contributed by atoms with van der Waals surface area (Å²) in [6, 6.07) is 17.3. The van der Waals surface area contributed by atoms with Gasteiger partial charge in [0.25, 0.3) is 5.56 Å². The Kier molecular flexibility index (Phi) is 5.69. The van der Waals surface area contributed by atoms with Crippen LogP contribution in [0.4, 0.5) is 0 Å². The number of ether oxygens (including phenoxy) is 1. The molecule has 2 aromatic carbocycles. The average Bonchev–Trinajstić information content (AvgIpc) is 2.67. The van der Waals surface area contributed by atoms with Crippen LogP contribution in [0.3, 0.4) is 0 Å². The van der Waals surface area contributed by atoms with Crippen molar-refractivity contribution in [3.63, 3.8) is 0 Å². The molecule has 0 radical (unpaired) electrons. The number of methoxy groups -OCH3 is 1. The Balaban J connectivity index is 1.56. The molecule has 5 nitrogen and oxygen atoms in total. The standard InChI is InChI=1S/C21H22N2O3/c1-26-18-8-9-19-17(14-18)13-16(21(25)23-19)11-12-22-20(24)10-7-15-5-3-2-4-6-15/h2-6,8-9,13-14H,7,10-12H2,1H3,(H,22,24)(H,23,25). The molecule has 0 aliphatic rings. The van der Waals surface area contributed by atoms with Gasteiger partial charge >= 0.3 is 0 Å². The highest BCUT2D eigenvalue weighted by Gasteiger charge is 2.06. The van der Waals surface area contributed by atoms with Crippen molar-refractivity contribution >= 4 is 16.8 Å². The van der Waals surface area contributed by atoms with Gasteiger partial charge in [-0.15, -0.1) is 0 Å². The lowest BCUT2D eigenvalue weighted by Gasteiger charge is -2.07. The van der Waals surface area contributed by atoms with Crippen molar-refractivity contribution < 1.29 is 9.53 Å². The molecule has 1 aromatic heterocycles. The van der Waals surface area contributed by atoms with E-state index in [0.717, 1.165) is 22.2 Å². The van der Waals surface area contributed by atoms with E-state index in [1.54, 1.807) is 7.11 Å². The van der Waals surface area contributed by atoms with Crippen LogP contribution >= 0.6 is 0 Å². The highest BCUT2D eigenvalue weighted by Crippen LogP contribution is 2.18. The second kappa shape index (κ2) is 8.34. The molecule has 0 spiro atoms. The number of aryl methyl sites for hydroxylation is 1. The smallest absolute Gasteiger partial charge is 0.251 e. The first kappa shape index (κ1) is 17.7. The third-order valence-electron chi connectivity index (χ3n) is 4.33. The summed E-state index contributed by atoms with van der Waals surface area (Å²) >= 11 is 0. The first-order valence-corrected chi connectivity index (χ1v) is 8.66. The number of aromatic amines is 1. The van der Waals surface area contributed by atoms with E-state index in [0.29, 0.717) is 31.4 Å². The van der Waals surface area contributed by atoms with Crippen molar-refractivity contribution in [3.8, 4) is 5.75 Å². The average molecular weight is 350 g/mol. The van der Waals surface area contributed by atoms with Crippen LogP contribution in [0.15, 0.2) is 59.4 Å². The van der Waals surface area contributed by atoms with Gasteiger partial charge < -0.3 is 15.0 Å². The van der Waals surface area contributed by atoms with E-state index in [2.05, 4.69) is 10.3 Å². The van der Waals surface area contributed by atoms with E-state index in [1.165, 1.54) is 0 Å². The lowest BCUT2D eigenvalue weighted by Crippen LogP contribution is -2.27. The maximum Gasteiger partial charge on any atom is 0.251 e. The van der Waals surface area contributed by atoms with E-state index >= 15 is 0 Å². The van der Waals surface area contributed by atoms with Gasteiger partial charge in [0.05, 0.1) is 7.11 Å². The van der Waals surface area contributed by atoms with E-state index in [4.69, 9.17) is 4.74 Å². The summed E-state index contributed by atoms with van der Waals surface area (Å²) in [4.78, 5) is 27.0. The Morgan fingerprint density at radius 2 is 1.88 bits per heavy atom. The number of H-pyrrole nitrogens is 1. The number of nitrogens with one attached hydrogen (secondary N) is 2. The fourth-order valence-electron chi connectivity index (χ4n) is 2.87. The number of benzene rings is 2. The minimum Gasteiger partial charge on any atom is -0.497 e. The quantitative estimate of drug-likeness (QED) is 0.688. The second-order valence-corrected chi connectivity index (χ2v) is 6.16. The molecule has 2 N–H and O–H groups in total. The number of hydrogen-bond donors (Lipinski definition) is 2. The fourth-order valence-corrected chi connectivity index (χ4v) is 2.87. The third kappa shape index (κ3) is 4.51. The Bertz CT molecular complexity index is 948. The molecular formula is C21H22N2O3. The topological polar surface area (TPSA) is 71.2 Å². The largest absolute Gasteiger partial charge is 0.497 e. The highest BCUT2D eigenvalue weighted by molar-refractivity contribution is 5.80. The van der Waals surface area contributed by atoms with Gasteiger partial charge in [0, 0.05) is 29.4 Å². The van der Waals surface area contributed by atoms with Crippen molar-refractivity contribution in [1.29, 1.82) is 0 Å². The fraction of sp³-hybridized carbons (Fsp3) is 0.238. The molecule has 1 amide bonds. The lowest BCUT2D eigenvalue weighted by atomic mass is 10.1. The highest BCUT2D eigenvalue weighted by atomic mass is 16.5. The predicted molar refractivity (Wildman–Crippen MR) is 103 cm³/mol. The van der Waals surface area contributed by atoms with Gasteiger partial charge in [-0.3, -0.25) is 9.59 Å². The molecule has 5 heteroatoms. The number of pyridine rings is 1. The summed E-state index contributed by atoms with van der Waals surface area (Å²) < 4.78 is 5.22. The summed E-state index contributed by atoms with van der Waals surface area (Å²) in [5, 5.41) is 3.79. The summed E-state index contributed by atoms with van der Waals surface area (Å²) in [6.07, 6.45) is 1.64. The van der Waals surface area contributed by atoms with Crippen molar-refractivity contribution in [2.75, 3.05) is 13.7 Å². The van der Waals surface area contributed by atoms with Crippen LogP contribution in [0.25, 0.3) is 10.9 Å². The maximum atomic E-state index is 12.2. The maximum absolute atomic E-state index is 12.2. The van der Waals surface area contributed by atoms with Crippen LogP contribution in [0.5, 0.6) is 5.75 Å². The molecule has 0 saturated carbocycles. The van der Waals surface area contributed by atoms with Gasteiger partial charge in [0.2, 0.25) is 5.91 Å². The minimum absolute atomic E-state index is 0.00672. The first-order chi connectivity index (χ1) is 12.7. The van der Waals surface area contributed by atoms with Crippen LogP contribution in [0.1, 0.15) is 17.5 Å². The Labute approximate surface area is 152 Å². The van der Waals surface area contributed by atoms with E-state index in [1.807, 2.05) is 54.6 Å². The molecule has 3 rings (SSSR count). The molecule has 26 heavy (non-hydrogen) atoms. The van der Waals surface area contributed by atoms with Crippen molar-refractivity contribution in [2.45, 2.75) is 19.3 Å². The second-order valence-electron chi connectivity index (χ2n) is 6.16. The van der Waals surface area contributed by atoms with Crippen molar-refractivity contribution in [3.05, 3.63) is 76.1 Å². The molecule has 0 aliphatic carbocycles. The summed E-state index contributed by atoms with van der Waals surface area (Å²) in [6.45, 7) is 0.437. The molecule has 0 atom stereocenters. The minimum atomic E-state index is -0.124. The van der Waals surface area contributed by atoms with Crippen molar-refractivity contribution in [1.82, 2.24) is 10.3 Å². The molecule has 3 aromatic rings. The Morgan fingerprint density at radius 1 is 1.08 bits per heavy atom. The number of amides is 1. The number of aromatic nitrogens is 1. The van der Waals surface area contributed by atoms with Gasteiger partial charge in [0.15, 0.2) is 0 Å². The molecular weight excluding hydrogens is 328 g/mol. The molecule has 0 aliphatic heterocycles. The SMILES string of the molecule is COc1ccc2[nH]c(=O)c(CCNC(=O)CCc3ccccc3)cc2c1. The number of hydrogen-bond acceptors (Lipinski definition) is 3. The zero-order valence-corrected chi connectivity index (χ0v) is 14.7. The van der Waals surface area contributed by atoms with Crippen LogP contribution in [-0.2, 0) is 17.6 Å². The van der Waals surface area contributed by atoms with E-state index in [9.17, 15) is 9.59 Å². The molecule has 1 heterocycles. The van der Waals surface area contributed by atoms with Gasteiger partial charge in [-0.2, -0.15) is 0 Å². The predicted octanol–water partition coefficient (Wildman–Crippen LogP) is 2.83. The van der Waals surface area contributed by atoms with Crippen LogP contribution < -0.4 is 15.6 Å². The molecule has 0 bridgehead atoms. The van der Waals surface area contributed by atoms with Crippen LogP contribution in [0.2, 0.25) is 0 Å². The number of carbonyl (C=O) groups is 1. The molecule has 0 unspecified atom stereocenters. The molecule has 0 saturated heterocycles. The van der Waals surface area contributed by atoms with Crippen molar-refractivity contribution in [2.24, 2.45) is 0 Å². The lowest BCUT2D eigenvalue weighted by molar-refractivity contribution is -0.121. The molecule has 0 fully saturated rings. The van der Waals surface area contributed by atoms with E-state index < -0.39 is 0 Å². The summed E-state index contributed by atoms with van der Waals surface area (Å²) in [7, 11) is 1.61. The molecule has 134 valence electrons. The van der Waals surface area contributed by atoms with E-state index in [-0.39, 0.29) is 11.5 Å². The monoisotopic (exact) mass is 350 g/mol.